The molecule has 0 spiro atoms. The third kappa shape index (κ3) is 2.42. The molecule has 1 aromatic carbocycles. The van der Waals surface area contributed by atoms with E-state index < -0.39 is 10.0 Å². The number of hydrogen-bond acceptors (Lipinski definition) is 4. The van der Waals surface area contributed by atoms with Crippen LogP contribution in [0.4, 0.5) is 5.69 Å². The Balaban J connectivity index is 1.90. The molecular formula is C15H16N2O4S. The smallest absolute Gasteiger partial charge is 0.243 e. The van der Waals surface area contributed by atoms with Crippen molar-refractivity contribution in [2.24, 2.45) is 0 Å². The van der Waals surface area contributed by atoms with E-state index >= 15 is 0 Å². The Hall–Kier alpha value is -2.12. The van der Waals surface area contributed by atoms with Crippen LogP contribution < -0.4 is 4.90 Å². The summed E-state index contributed by atoms with van der Waals surface area (Å²) in [7, 11) is -0.401. The lowest BCUT2D eigenvalue weighted by Crippen LogP contribution is -2.26. The van der Waals surface area contributed by atoms with Crippen molar-refractivity contribution in [1.29, 1.82) is 0 Å². The van der Waals surface area contributed by atoms with E-state index in [0.29, 0.717) is 0 Å². The molecule has 1 aromatic heterocycles. The van der Waals surface area contributed by atoms with Gasteiger partial charge in [-0.3, -0.25) is 4.79 Å². The molecule has 2 heterocycles. The topological polar surface area (TPSA) is 70.8 Å². The highest BCUT2D eigenvalue weighted by atomic mass is 32.2. The third-order valence-electron chi connectivity index (χ3n) is 3.82. The summed E-state index contributed by atoms with van der Waals surface area (Å²) >= 11 is 0. The van der Waals surface area contributed by atoms with E-state index in [2.05, 4.69) is 0 Å². The van der Waals surface area contributed by atoms with Crippen LogP contribution in [-0.2, 0) is 27.8 Å². The summed E-state index contributed by atoms with van der Waals surface area (Å²) in [5.74, 6) is -0.0312. The Kier molecular flexibility index (Phi) is 3.54. The van der Waals surface area contributed by atoms with Crippen molar-refractivity contribution in [3.05, 3.63) is 47.9 Å². The zero-order chi connectivity index (χ0) is 15.9. The minimum Gasteiger partial charge on any atom is -0.472 e. The number of amides is 1. The van der Waals surface area contributed by atoms with Crippen molar-refractivity contribution in [1.82, 2.24) is 4.31 Å². The molecular weight excluding hydrogens is 304 g/mol. The lowest BCUT2D eigenvalue weighted by molar-refractivity contribution is -0.117. The SMILES string of the molecule is CN1C(=O)Cc2cc(S(=O)(=O)N(C)Cc3ccoc3)ccc21. The van der Waals surface area contributed by atoms with Crippen LogP contribution in [0.15, 0.2) is 46.1 Å². The van der Waals surface area contributed by atoms with Gasteiger partial charge in [-0.05, 0) is 29.8 Å². The number of benzene rings is 1. The molecule has 0 bridgehead atoms. The van der Waals surface area contributed by atoms with Crippen molar-refractivity contribution in [3.8, 4) is 0 Å². The van der Waals surface area contributed by atoms with Crippen LogP contribution in [0.5, 0.6) is 0 Å². The number of furan rings is 1. The van der Waals surface area contributed by atoms with Crippen LogP contribution in [0, 0.1) is 0 Å². The molecule has 0 radical (unpaired) electrons. The molecule has 0 saturated heterocycles. The fourth-order valence-electron chi connectivity index (χ4n) is 2.51. The summed E-state index contributed by atoms with van der Waals surface area (Å²) in [4.78, 5) is 13.4. The number of fused-ring (bicyclic) bond motifs is 1. The molecule has 22 heavy (non-hydrogen) atoms. The van der Waals surface area contributed by atoms with E-state index in [1.54, 1.807) is 30.1 Å². The summed E-state index contributed by atoms with van der Waals surface area (Å²) in [6.07, 6.45) is 3.26. The average Bonchev–Trinajstić information content (AvgIpc) is 3.08. The minimum absolute atomic E-state index is 0.0312. The number of carbonyl (C=O) groups is 1. The van der Waals surface area contributed by atoms with Gasteiger partial charge >= 0.3 is 0 Å². The first-order valence-corrected chi connectivity index (χ1v) is 8.20. The molecule has 2 aromatic rings. The Morgan fingerprint density at radius 2 is 2.09 bits per heavy atom. The minimum atomic E-state index is -3.61. The van der Waals surface area contributed by atoms with Crippen LogP contribution in [0.1, 0.15) is 11.1 Å². The summed E-state index contributed by atoms with van der Waals surface area (Å²) < 4.78 is 31.5. The quantitative estimate of drug-likeness (QED) is 0.858. The van der Waals surface area contributed by atoms with Crippen LogP contribution in [0.3, 0.4) is 0 Å². The maximum absolute atomic E-state index is 12.6. The molecule has 0 atom stereocenters. The molecule has 0 saturated carbocycles. The standard InChI is InChI=1S/C15H16N2O4S/c1-16(9-11-5-6-21-10-11)22(19,20)13-3-4-14-12(7-13)8-15(18)17(14)2/h3-7,10H,8-9H2,1-2H3. The molecule has 7 heteroatoms. The van der Waals surface area contributed by atoms with E-state index in [4.69, 9.17) is 4.42 Å². The lowest BCUT2D eigenvalue weighted by Gasteiger charge is -2.17. The second kappa shape index (κ2) is 5.26. The molecule has 0 N–H and O–H groups in total. The number of carbonyl (C=O) groups excluding carboxylic acids is 1. The van der Waals surface area contributed by atoms with E-state index in [1.807, 2.05) is 0 Å². The number of rotatable bonds is 4. The van der Waals surface area contributed by atoms with Crippen LogP contribution in [0.25, 0.3) is 0 Å². The van der Waals surface area contributed by atoms with Gasteiger partial charge < -0.3 is 9.32 Å². The normalized spacial score (nSPS) is 14.7. The molecule has 1 aliphatic rings. The monoisotopic (exact) mass is 320 g/mol. The molecule has 0 unspecified atom stereocenters. The van der Waals surface area contributed by atoms with Gasteiger partial charge in [0.1, 0.15) is 0 Å². The van der Waals surface area contributed by atoms with Gasteiger partial charge in [-0.15, -0.1) is 0 Å². The van der Waals surface area contributed by atoms with Gasteiger partial charge in [0.15, 0.2) is 0 Å². The predicted octanol–water partition coefficient (Wildman–Crippen LogP) is 1.62. The maximum Gasteiger partial charge on any atom is 0.243 e. The largest absolute Gasteiger partial charge is 0.472 e. The summed E-state index contributed by atoms with van der Waals surface area (Å²) in [5, 5.41) is 0. The summed E-state index contributed by atoms with van der Waals surface area (Å²) in [5.41, 5.74) is 2.29. The second-order valence-corrected chi connectivity index (χ2v) is 7.36. The first-order valence-electron chi connectivity index (χ1n) is 6.76. The first kappa shape index (κ1) is 14.8. The van der Waals surface area contributed by atoms with Gasteiger partial charge in [-0.2, -0.15) is 4.31 Å². The fraction of sp³-hybridized carbons (Fsp3) is 0.267. The maximum atomic E-state index is 12.6. The zero-order valence-corrected chi connectivity index (χ0v) is 13.1. The van der Waals surface area contributed by atoms with Crippen molar-refractivity contribution in [2.75, 3.05) is 19.0 Å². The highest BCUT2D eigenvalue weighted by Crippen LogP contribution is 2.30. The van der Waals surface area contributed by atoms with Gasteiger partial charge in [0, 0.05) is 31.9 Å². The van der Waals surface area contributed by atoms with Crippen molar-refractivity contribution in [2.45, 2.75) is 17.9 Å². The van der Waals surface area contributed by atoms with E-state index in [-0.39, 0.29) is 23.8 Å². The van der Waals surface area contributed by atoms with Crippen molar-refractivity contribution < 1.29 is 17.6 Å². The van der Waals surface area contributed by atoms with E-state index in [9.17, 15) is 13.2 Å². The molecule has 6 nitrogen and oxygen atoms in total. The Labute approximate surface area is 129 Å². The molecule has 1 aliphatic heterocycles. The summed E-state index contributed by atoms with van der Waals surface area (Å²) in [6.45, 7) is 0.231. The first-order chi connectivity index (χ1) is 10.4. The van der Waals surface area contributed by atoms with Crippen molar-refractivity contribution in [3.63, 3.8) is 0 Å². The highest BCUT2D eigenvalue weighted by molar-refractivity contribution is 7.89. The van der Waals surface area contributed by atoms with Gasteiger partial charge in [-0.25, -0.2) is 8.42 Å². The van der Waals surface area contributed by atoms with Crippen molar-refractivity contribution >= 4 is 21.6 Å². The fourth-order valence-corrected chi connectivity index (χ4v) is 3.72. The highest BCUT2D eigenvalue weighted by Gasteiger charge is 2.28. The van der Waals surface area contributed by atoms with Gasteiger partial charge in [0.2, 0.25) is 15.9 Å². The number of anilines is 1. The molecule has 0 aliphatic carbocycles. The average molecular weight is 320 g/mol. The molecule has 1 amide bonds. The van der Waals surface area contributed by atoms with Gasteiger partial charge in [-0.1, -0.05) is 0 Å². The number of likely N-dealkylation sites (N-methyl/N-ethyl adjacent to an activating group) is 1. The number of nitrogens with zero attached hydrogens (tertiary/aromatic N) is 2. The van der Waals surface area contributed by atoms with E-state index in [1.165, 1.54) is 29.9 Å². The van der Waals surface area contributed by atoms with Crippen LogP contribution in [-0.4, -0.2) is 32.7 Å². The predicted molar refractivity (Wildman–Crippen MR) is 80.9 cm³/mol. The Morgan fingerprint density at radius 1 is 1.32 bits per heavy atom. The third-order valence-corrected chi connectivity index (χ3v) is 5.62. The number of hydrogen-bond donors (Lipinski definition) is 0. The number of sulfonamides is 1. The summed E-state index contributed by atoms with van der Waals surface area (Å²) in [6, 6.07) is 6.52. The second-order valence-electron chi connectivity index (χ2n) is 5.31. The van der Waals surface area contributed by atoms with Gasteiger partial charge in [0.25, 0.3) is 0 Å². The zero-order valence-electron chi connectivity index (χ0n) is 12.3. The van der Waals surface area contributed by atoms with E-state index in [0.717, 1.165) is 16.8 Å². The molecule has 116 valence electrons. The Bertz CT molecular complexity index is 812. The van der Waals surface area contributed by atoms with Crippen LogP contribution >= 0.6 is 0 Å². The van der Waals surface area contributed by atoms with Gasteiger partial charge in [0.05, 0.1) is 23.8 Å². The van der Waals surface area contributed by atoms with Crippen LogP contribution in [0.2, 0.25) is 0 Å². The molecule has 0 fully saturated rings. The lowest BCUT2D eigenvalue weighted by atomic mass is 10.2. The Morgan fingerprint density at radius 3 is 2.77 bits per heavy atom. The molecule has 3 rings (SSSR count).